The van der Waals surface area contributed by atoms with Crippen molar-refractivity contribution in [2.45, 2.75) is 0 Å². The molecule has 4 heterocycles. The van der Waals surface area contributed by atoms with Crippen LogP contribution < -0.4 is 10.6 Å². The maximum Gasteiger partial charge on any atom is 0.290 e. The van der Waals surface area contributed by atoms with E-state index in [1.165, 1.54) is 0 Å². The predicted molar refractivity (Wildman–Crippen MR) is 110 cm³/mol. The first kappa shape index (κ1) is 19.8. The topological polar surface area (TPSA) is 125 Å². The van der Waals surface area contributed by atoms with Gasteiger partial charge in [-0.25, -0.2) is 9.97 Å². The second-order valence-corrected chi connectivity index (χ2v) is 7.44. The highest BCUT2D eigenvalue weighted by Crippen LogP contribution is 2.37. The molecule has 0 aromatic carbocycles. The lowest BCUT2D eigenvalue weighted by molar-refractivity contribution is -0.122. The molecule has 0 atom stereocenters. The number of carboxylic acid groups (broad SMARTS) is 1. The summed E-state index contributed by atoms with van der Waals surface area (Å²) >= 11 is 3.16. The fraction of sp³-hybridized carbons (Fsp3) is 0.222. The summed E-state index contributed by atoms with van der Waals surface area (Å²) in [6, 6.07) is 6.10. The number of hydrogen-bond acceptors (Lipinski definition) is 9. The van der Waals surface area contributed by atoms with Crippen molar-refractivity contribution in [2.24, 2.45) is 0 Å². The summed E-state index contributed by atoms with van der Waals surface area (Å²) in [5, 5.41) is 21.4. The normalized spacial score (nSPS) is 13.3. The Hall–Kier alpha value is -3.00. The minimum absolute atomic E-state index is 0.250. The molecule has 8 nitrogen and oxygen atoms in total. The summed E-state index contributed by atoms with van der Waals surface area (Å²) < 4.78 is 5.39. The Morgan fingerprint density at radius 1 is 1.39 bits per heavy atom. The first-order valence-corrected chi connectivity index (χ1v) is 10.0. The number of thiazole rings is 1. The average Bonchev–Trinajstić information content (AvgIpc) is 3.41. The molecule has 0 saturated carbocycles. The third-order valence-corrected chi connectivity index (χ3v) is 5.79. The molecular weight excluding hydrogens is 398 g/mol. The molecule has 3 aromatic heterocycles. The van der Waals surface area contributed by atoms with Crippen molar-refractivity contribution in [1.82, 2.24) is 9.97 Å². The molecule has 0 aliphatic carbocycles. The standard InChI is InChI=1S/C17H15N5OS2.CH2O2/c18-8-13-12(7-14(21-16(13)19)11-1-6-24-10-11)15-9-20-17(25-15)22-2-4-23-5-3-22;2-1-3/h1,6-7,9-10H,2-5H2,(H2,19,21);1H,(H,2,3). The van der Waals surface area contributed by atoms with Crippen molar-refractivity contribution in [3.8, 4) is 27.8 Å². The molecule has 1 saturated heterocycles. The first-order chi connectivity index (χ1) is 13.7. The van der Waals surface area contributed by atoms with Gasteiger partial charge in [-0.2, -0.15) is 16.6 Å². The van der Waals surface area contributed by atoms with E-state index in [9.17, 15) is 5.26 Å². The molecule has 144 valence electrons. The Labute approximate surface area is 169 Å². The van der Waals surface area contributed by atoms with Gasteiger partial charge in [-0.05, 0) is 17.5 Å². The van der Waals surface area contributed by atoms with Crippen molar-refractivity contribution in [2.75, 3.05) is 36.9 Å². The number of hydrogen-bond donors (Lipinski definition) is 2. The molecular formula is C18H17N5O3S2. The lowest BCUT2D eigenvalue weighted by atomic mass is 10.1. The van der Waals surface area contributed by atoms with Crippen molar-refractivity contribution in [3.05, 3.63) is 34.7 Å². The molecule has 0 amide bonds. The zero-order valence-electron chi connectivity index (χ0n) is 14.7. The van der Waals surface area contributed by atoms with Gasteiger partial charge in [0.1, 0.15) is 17.5 Å². The summed E-state index contributed by atoms with van der Waals surface area (Å²) in [6.45, 7) is 2.83. The zero-order valence-corrected chi connectivity index (χ0v) is 16.4. The highest BCUT2D eigenvalue weighted by atomic mass is 32.1. The van der Waals surface area contributed by atoms with Crippen molar-refractivity contribution in [3.63, 3.8) is 0 Å². The van der Waals surface area contributed by atoms with E-state index in [2.05, 4.69) is 20.9 Å². The van der Waals surface area contributed by atoms with E-state index in [1.54, 1.807) is 22.7 Å². The maximum atomic E-state index is 9.53. The molecule has 0 spiro atoms. The molecule has 0 unspecified atom stereocenters. The number of pyridine rings is 1. The van der Waals surface area contributed by atoms with Crippen LogP contribution in [0.3, 0.4) is 0 Å². The van der Waals surface area contributed by atoms with E-state index in [-0.39, 0.29) is 12.3 Å². The molecule has 3 N–H and O–H groups in total. The number of anilines is 2. The number of aromatic nitrogens is 2. The quantitative estimate of drug-likeness (QED) is 0.626. The van der Waals surface area contributed by atoms with Gasteiger partial charge in [-0.15, -0.1) is 0 Å². The lowest BCUT2D eigenvalue weighted by Gasteiger charge is -2.25. The molecule has 3 aromatic rings. The molecule has 0 radical (unpaired) electrons. The number of nitrogens with two attached hydrogens (primary N) is 1. The number of morpholine rings is 1. The summed E-state index contributed by atoms with van der Waals surface area (Å²) in [7, 11) is 0. The highest BCUT2D eigenvalue weighted by Gasteiger charge is 2.19. The molecule has 1 aliphatic rings. The van der Waals surface area contributed by atoms with Gasteiger partial charge in [0, 0.05) is 35.8 Å². The fourth-order valence-electron chi connectivity index (χ4n) is 2.72. The molecule has 1 aliphatic heterocycles. The van der Waals surface area contributed by atoms with E-state index < -0.39 is 0 Å². The number of carbonyl (C=O) groups is 1. The Kier molecular flexibility index (Phi) is 6.54. The summed E-state index contributed by atoms with van der Waals surface area (Å²) in [4.78, 5) is 20.4. The first-order valence-electron chi connectivity index (χ1n) is 8.27. The van der Waals surface area contributed by atoms with Crippen molar-refractivity contribution in [1.29, 1.82) is 5.26 Å². The molecule has 4 rings (SSSR count). The van der Waals surface area contributed by atoms with Crippen molar-refractivity contribution >= 4 is 40.1 Å². The van der Waals surface area contributed by atoms with Gasteiger partial charge >= 0.3 is 0 Å². The van der Waals surface area contributed by atoms with E-state index in [1.807, 2.05) is 29.1 Å². The monoisotopic (exact) mass is 415 g/mol. The minimum Gasteiger partial charge on any atom is -0.483 e. The molecule has 1 fully saturated rings. The summed E-state index contributed by atoms with van der Waals surface area (Å²) in [6.07, 6.45) is 1.81. The SMILES string of the molecule is N#Cc1c(-c2cnc(N3CCOCC3)s2)cc(-c2ccsc2)nc1N.O=CO. The van der Waals surface area contributed by atoms with Gasteiger partial charge in [0.15, 0.2) is 5.13 Å². The van der Waals surface area contributed by atoms with Gasteiger partial charge < -0.3 is 20.5 Å². The second-order valence-electron chi connectivity index (χ2n) is 5.65. The average molecular weight is 416 g/mol. The zero-order chi connectivity index (χ0) is 19.9. The van der Waals surface area contributed by atoms with Crippen LogP contribution in [0.4, 0.5) is 10.9 Å². The fourth-order valence-corrected chi connectivity index (χ4v) is 4.36. The highest BCUT2D eigenvalue weighted by molar-refractivity contribution is 7.19. The van der Waals surface area contributed by atoms with E-state index in [0.29, 0.717) is 18.8 Å². The van der Waals surface area contributed by atoms with Crippen LogP contribution in [-0.4, -0.2) is 47.8 Å². The van der Waals surface area contributed by atoms with Gasteiger partial charge in [-0.3, -0.25) is 4.79 Å². The van der Waals surface area contributed by atoms with Crippen LogP contribution in [-0.2, 0) is 9.53 Å². The molecule has 0 bridgehead atoms. The number of ether oxygens (including phenoxy) is 1. The van der Waals surface area contributed by atoms with Crippen LogP contribution in [0, 0.1) is 11.3 Å². The third kappa shape index (κ3) is 4.28. The Morgan fingerprint density at radius 3 is 2.79 bits per heavy atom. The Morgan fingerprint density at radius 2 is 2.14 bits per heavy atom. The van der Waals surface area contributed by atoms with Crippen LogP contribution in [0.5, 0.6) is 0 Å². The molecule has 28 heavy (non-hydrogen) atoms. The minimum atomic E-state index is -0.250. The Bertz CT molecular complexity index is 976. The number of rotatable bonds is 3. The summed E-state index contributed by atoms with van der Waals surface area (Å²) in [5.41, 5.74) is 9.01. The number of nitriles is 1. The summed E-state index contributed by atoms with van der Waals surface area (Å²) in [5.74, 6) is 0.252. The van der Waals surface area contributed by atoms with Crippen LogP contribution >= 0.6 is 22.7 Å². The second kappa shape index (κ2) is 9.27. The molecule has 10 heteroatoms. The van der Waals surface area contributed by atoms with E-state index >= 15 is 0 Å². The lowest BCUT2D eigenvalue weighted by Crippen LogP contribution is -2.36. The van der Waals surface area contributed by atoms with Crippen LogP contribution in [0.15, 0.2) is 29.1 Å². The van der Waals surface area contributed by atoms with Crippen molar-refractivity contribution < 1.29 is 14.6 Å². The third-order valence-electron chi connectivity index (χ3n) is 4.02. The van der Waals surface area contributed by atoms with E-state index in [0.717, 1.165) is 39.9 Å². The van der Waals surface area contributed by atoms with Crippen LogP contribution in [0.25, 0.3) is 21.7 Å². The van der Waals surface area contributed by atoms with E-state index in [4.69, 9.17) is 20.4 Å². The smallest absolute Gasteiger partial charge is 0.290 e. The Balaban J connectivity index is 0.000000706. The van der Waals surface area contributed by atoms with Gasteiger partial charge in [0.2, 0.25) is 0 Å². The van der Waals surface area contributed by atoms with Gasteiger partial charge in [-0.1, -0.05) is 11.3 Å². The van der Waals surface area contributed by atoms with Crippen LogP contribution in [0.1, 0.15) is 5.56 Å². The predicted octanol–water partition coefficient (Wildman–Crippen LogP) is 2.92. The van der Waals surface area contributed by atoms with Gasteiger partial charge in [0.05, 0.1) is 23.8 Å². The largest absolute Gasteiger partial charge is 0.483 e. The maximum absolute atomic E-state index is 9.53. The number of nitrogens with zero attached hydrogens (tertiary/aromatic N) is 4. The number of thiophene rings is 1. The van der Waals surface area contributed by atoms with Crippen LogP contribution in [0.2, 0.25) is 0 Å². The number of nitrogen functional groups attached to an aromatic ring is 1. The van der Waals surface area contributed by atoms with Gasteiger partial charge in [0.25, 0.3) is 6.47 Å².